The topological polar surface area (TPSA) is 74.7 Å². The molecule has 1 saturated carbocycles. The van der Waals surface area contributed by atoms with Crippen LogP contribution in [0, 0.1) is 23.2 Å². The lowest BCUT2D eigenvalue weighted by atomic mass is 9.51. The number of hydrogen-bond donors (Lipinski definition) is 1. The summed E-state index contributed by atoms with van der Waals surface area (Å²) in [4.78, 5) is 40.6. The number of amides is 2. The third-order valence-corrected chi connectivity index (χ3v) is 6.85. The average Bonchev–Trinajstić information content (AvgIpc) is 2.68. The first-order chi connectivity index (χ1) is 14.0. The van der Waals surface area contributed by atoms with Crippen molar-refractivity contribution in [2.24, 2.45) is 16.2 Å². The molecule has 31 heavy (non-hydrogen) atoms. The number of anilines is 1. The molecular weight excluding hydrogens is 410 g/mol. The molecule has 2 fully saturated rings. The van der Waals surface area contributed by atoms with Gasteiger partial charge in [-0.1, -0.05) is 56.3 Å². The third kappa shape index (κ3) is 3.57. The summed E-state index contributed by atoms with van der Waals surface area (Å²) in [5.41, 5.74) is 0.462. The molecule has 0 radical (unpaired) electrons. The highest BCUT2D eigenvalue weighted by Crippen LogP contribution is 2.59. The highest BCUT2D eigenvalue weighted by atomic mass is 32.1. The molecular formula is C25H29NO4S. The zero-order chi connectivity index (χ0) is 21.9. The molecule has 1 saturated heterocycles. The van der Waals surface area contributed by atoms with Crippen molar-refractivity contribution in [3.63, 3.8) is 0 Å². The lowest BCUT2D eigenvalue weighted by Crippen LogP contribution is -2.64. The Morgan fingerprint density at radius 1 is 0.871 bits per heavy atom. The number of benzene rings is 2. The van der Waals surface area contributed by atoms with Crippen LogP contribution in [0.2, 0.25) is 0 Å². The van der Waals surface area contributed by atoms with Crippen LogP contribution in [0.15, 0.2) is 48.5 Å². The maximum atomic E-state index is 13.6. The zero-order valence-corrected chi connectivity index (χ0v) is 19.4. The molecule has 2 amide bonds. The fourth-order valence-corrected chi connectivity index (χ4v) is 5.74. The van der Waals surface area contributed by atoms with Gasteiger partial charge in [0.05, 0.1) is 11.1 Å². The van der Waals surface area contributed by atoms with Crippen molar-refractivity contribution in [2.45, 2.75) is 47.0 Å². The molecule has 2 bridgehead atoms. The van der Waals surface area contributed by atoms with Crippen LogP contribution in [0.3, 0.4) is 0 Å². The summed E-state index contributed by atoms with van der Waals surface area (Å²) in [6.45, 7) is 7.16. The number of rotatable bonds is 3. The van der Waals surface area contributed by atoms with Gasteiger partial charge < -0.3 is 5.11 Å². The van der Waals surface area contributed by atoms with Crippen molar-refractivity contribution in [3.8, 4) is 11.1 Å². The third-order valence-electron chi connectivity index (χ3n) is 6.85. The van der Waals surface area contributed by atoms with Gasteiger partial charge >= 0.3 is 5.97 Å². The predicted octanol–water partition coefficient (Wildman–Crippen LogP) is 4.94. The van der Waals surface area contributed by atoms with Gasteiger partial charge in [-0.15, -0.1) is 0 Å². The molecule has 0 spiro atoms. The summed E-state index contributed by atoms with van der Waals surface area (Å²) >= 11 is 0. The fourth-order valence-electron chi connectivity index (χ4n) is 5.74. The minimum atomic E-state index is -1.10. The Bertz CT molecular complexity index is 1040. The van der Waals surface area contributed by atoms with Crippen LogP contribution < -0.4 is 4.90 Å². The number of aliphatic carboxylic acids is 1. The van der Waals surface area contributed by atoms with Gasteiger partial charge in [-0.25, -0.2) is 4.90 Å². The fraction of sp³-hybridized carbons (Fsp3) is 0.400. The Kier molecular flexibility index (Phi) is 5.60. The van der Waals surface area contributed by atoms with Crippen LogP contribution >= 0.6 is 13.5 Å². The summed E-state index contributed by atoms with van der Waals surface area (Å²) in [6, 6.07) is 15.6. The smallest absolute Gasteiger partial charge is 0.309 e. The van der Waals surface area contributed by atoms with Gasteiger partial charge in [0.15, 0.2) is 0 Å². The second-order valence-corrected chi connectivity index (χ2v) is 9.83. The number of hydrogen-bond acceptors (Lipinski definition) is 3. The van der Waals surface area contributed by atoms with Gasteiger partial charge in [-0.05, 0) is 55.9 Å². The van der Waals surface area contributed by atoms with Gasteiger partial charge in [0.1, 0.15) is 0 Å². The molecule has 1 aliphatic carbocycles. The summed E-state index contributed by atoms with van der Waals surface area (Å²) < 4.78 is 0. The second-order valence-electron chi connectivity index (χ2n) is 9.83. The van der Waals surface area contributed by atoms with E-state index in [-0.39, 0.29) is 38.2 Å². The summed E-state index contributed by atoms with van der Waals surface area (Å²) in [6.07, 6.45) is 0.838. The number of carbonyl (C=O) groups is 3. The Labute approximate surface area is 189 Å². The van der Waals surface area contributed by atoms with E-state index in [2.05, 4.69) is 0 Å². The van der Waals surface area contributed by atoms with Crippen molar-refractivity contribution in [3.05, 3.63) is 54.1 Å². The molecule has 6 heteroatoms. The number of carboxylic acid groups (broad SMARTS) is 1. The van der Waals surface area contributed by atoms with E-state index in [1.165, 1.54) is 4.90 Å². The monoisotopic (exact) mass is 439 g/mol. The maximum Gasteiger partial charge on any atom is 0.309 e. The molecule has 2 unspecified atom stereocenters. The Hall–Kier alpha value is -2.60. The standard InChI is InChI=1S/C25H27NO4.H2S/c1-16-10-11-18(17-8-6-5-7-9-17)12-19(16)26-20(27)23(2)13-24(3,21(26)28)15-25(4,14-23)22(29)30;/h5-12H,13-15H2,1-4H3,(H,29,30);1H2/t23-,24?,25?;/m1./s1. The lowest BCUT2D eigenvalue weighted by molar-refractivity contribution is -0.167. The van der Waals surface area contributed by atoms with Crippen molar-refractivity contribution in [2.75, 3.05) is 4.90 Å². The van der Waals surface area contributed by atoms with Crippen molar-refractivity contribution in [1.29, 1.82) is 0 Å². The second kappa shape index (κ2) is 7.52. The largest absolute Gasteiger partial charge is 0.481 e. The zero-order valence-electron chi connectivity index (χ0n) is 18.4. The Balaban J connectivity index is 0.00000272. The van der Waals surface area contributed by atoms with Crippen LogP contribution in [0.5, 0.6) is 0 Å². The molecule has 0 aromatic heterocycles. The molecule has 1 aliphatic heterocycles. The molecule has 2 aliphatic rings. The van der Waals surface area contributed by atoms with Gasteiger partial charge in [0, 0.05) is 10.8 Å². The highest BCUT2D eigenvalue weighted by molar-refractivity contribution is 7.59. The van der Waals surface area contributed by atoms with Gasteiger partial charge in [-0.2, -0.15) is 13.5 Å². The van der Waals surface area contributed by atoms with Crippen molar-refractivity contribution in [1.82, 2.24) is 0 Å². The molecule has 164 valence electrons. The molecule has 1 heterocycles. The molecule has 1 N–H and O–H groups in total. The number of nitrogens with zero attached hydrogens (tertiary/aromatic N) is 1. The van der Waals surface area contributed by atoms with E-state index in [0.717, 1.165) is 16.7 Å². The Morgan fingerprint density at radius 2 is 1.42 bits per heavy atom. The first kappa shape index (κ1) is 23.1. The number of imide groups is 1. The highest BCUT2D eigenvalue weighted by Gasteiger charge is 2.63. The molecule has 2 aromatic rings. The maximum absolute atomic E-state index is 13.6. The molecule has 4 rings (SSSR count). The first-order valence-electron chi connectivity index (χ1n) is 10.3. The predicted molar refractivity (Wildman–Crippen MR) is 125 cm³/mol. The molecule has 3 atom stereocenters. The number of carboxylic acids is 1. The van der Waals surface area contributed by atoms with Gasteiger partial charge in [0.25, 0.3) is 0 Å². The molecule has 2 aromatic carbocycles. The Morgan fingerprint density at radius 3 is 1.94 bits per heavy atom. The molecule has 5 nitrogen and oxygen atoms in total. The summed E-state index contributed by atoms with van der Waals surface area (Å²) in [5.74, 6) is -1.55. The number of piperidine rings is 1. The van der Waals surface area contributed by atoms with Crippen LogP contribution in [-0.2, 0) is 14.4 Å². The van der Waals surface area contributed by atoms with Crippen molar-refractivity contribution >= 4 is 37.0 Å². The SMILES string of the molecule is Cc1ccc(-c2ccccc2)cc1N1C(=O)C2(C)CC(C)(C(=O)O)C[C@@](C)(C2)C1=O.S. The van der Waals surface area contributed by atoms with E-state index in [9.17, 15) is 19.5 Å². The van der Waals surface area contributed by atoms with Gasteiger partial charge in [0.2, 0.25) is 11.8 Å². The van der Waals surface area contributed by atoms with E-state index in [0.29, 0.717) is 12.1 Å². The first-order valence-corrected chi connectivity index (χ1v) is 10.3. The van der Waals surface area contributed by atoms with Crippen LogP contribution in [0.4, 0.5) is 5.69 Å². The average molecular weight is 440 g/mol. The van der Waals surface area contributed by atoms with Crippen LogP contribution in [-0.4, -0.2) is 22.9 Å². The normalized spacial score (nSPS) is 30.0. The van der Waals surface area contributed by atoms with Crippen molar-refractivity contribution < 1.29 is 19.5 Å². The quantitative estimate of drug-likeness (QED) is 0.688. The summed E-state index contributed by atoms with van der Waals surface area (Å²) in [5, 5.41) is 9.81. The number of fused-ring (bicyclic) bond motifs is 2. The van der Waals surface area contributed by atoms with Crippen LogP contribution in [0.1, 0.15) is 45.6 Å². The lowest BCUT2D eigenvalue weighted by Gasteiger charge is -2.55. The van der Waals surface area contributed by atoms with E-state index >= 15 is 0 Å². The van der Waals surface area contributed by atoms with E-state index in [1.54, 1.807) is 6.92 Å². The van der Waals surface area contributed by atoms with Crippen LogP contribution in [0.25, 0.3) is 11.1 Å². The van der Waals surface area contributed by atoms with Gasteiger partial charge in [-0.3, -0.25) is 14.4 Å². The van der Waals surface area contributed by atoms with E-state index in [1.807, 2.05) is 69.3 Å². The number of aryl methyl sites for hydroxylation is 1. The van der Waals surface area contributed by atoms with E-state index < -0.39 is 22.2 Å². The number of carbonyl (C=O) groups excluding carboxylic acids is 2. The minimum absolute atomic E-state index is 0. The van der Waals surface area contributed by atoms with E-state index in [4.69, 9.17) is 0 Å². The minimum Gasteiger partial charge on any atom is -0.481 e. The summed E-state index contributed by atoms with van der Waals surface area (Å²) in [7, 11) is 0.